The second-order valence-electron chi connectivity index (χ2n) is 5.36. The molecule has 1 amide bonds. The molecule has 2 rings (SSSR count). The lowest BCUT2D eigenvalue weighted by Crippen LogP contribution is -2.18. The Bertz CT molecular complexity index is 616. The van der Waals surface area contributed by atoms with E-state index in [2.05, 4.69) is 16.5 Å². The van der Waals surface area contributed by atoms with Gasteiger partial charge in [-0.1, -0.05) is 17.7 Å². The number of rotatable bonds is 4. The van der Waals surface area contributed by atoms with Crippen molar-refractivity contribution in [2.45, 2.75) is 40.2 Å². The van der Waals surface area contributed by atoms with Gasteiger partial charge in [-0.15, -0.1) is 0 Å². The van der Waals surface area contributed by atoms with Gasteiger partial charge in [0.2, 0.25) is 5.91 Å². The Balaban J connectivity index is 1.98. The van der Waals surface area contributed by atoms with Crippen LogP contribution in [-0.4, -0.2) is 15.7 Å². The fourth-order valence-corrected chi connectivity index (χ4v) is 2.20. The molecule has 1 heterocycles. The average Bonchev–Trinajstić information content (AvgIpc) is 2.79. The van der Waals surface area contributed by atoms with Crippen molar-refractivity contribution in [2.24, 2.45) is 0 Å². The van der Waals surface area contributed by atoms with Crippen molar-refractivity contribution in [3.05, 3.63) is 47.3 Å². The number of aromatic nitrogens is 2. The summed E-state index contributed by atoms with van der Waals surface area (Å²) in [7, 11) is 0. The Morgan fingerprint density at radius 3 is 2.65 bits per heavy atom. The molecule has 0 aliphatic heterocycles. The molecule has 20 heavy (non-hydrogen) atoms. The summed E-state index contributed by atoms with van der Waals surface area (Å²) in [6, 6.07) is 8.01. The van der Waals surface area contributed by atoms with Gasteiger partial charge in [-0.2, -0.15) is 5.10 Å². The number of amides is 1. The molecule has 0 bridgehead atoms. The minimum atomic E-state index is 0.0117. The number of benzene rings is 1. The van der Waals surface area contributed by atoms with Crippen molar-refractivity contribution < 1.29 is 4.79 Å². The standard InChI is InChI=1S/C16H21N3O/c1-11-5-6-15(12(2)9-11)17-16(20)10-14(4)19-8-7-13(3)18-19/h5-9,14H,10H2,1-4H3,(H,17,20). The number of aryl methyl sites for hydroxylation is 3. The number of carbonyl (C=O) groups is 1. The van der Waals surface area contributed by atoms with Crippen LogP contribution in [0.2, 0.25) is 0 Å². The predicted molar refractivity (Wildman–Crippen MR) is 80.8 cm³/mol. The highest BCUT2D eigenvalue weighted by Crippen LogP contribution is 2.18. The summed E-state index contributed by atoms with van der Waals surface area (Å²) < 4.78 is 1.83. The third kappa shape index (κ3) is 3.47. The first-order valence-corrected chi connectivity index (χ1v) is 6.84. The van der Waals surface area contributed by atoms with Crippen LogP contribution in [0.3, 0.4) is 0 Å². The molecule has 1 atom stereocenters. The smallest absolute Gasteiger partial charge is 0.226 e. The van der Waals surface area contributed by atoms with Crippen LogP contribution in [-0.2, 0) is 4.79 Å². The Kier molecular flexibility index (Phi) is 4.23. The van der Waals surface area contributed by atoms with Gasteiger partial charge in [0.25, 0.3) is 0 Å². The highest BCUT2D eigenvalue weighted by atomic mass is 16.1. The van der Waals surface area contributed by atoms with E-state index in [-0.39, 0.29) is 11.9 Å². The molecule has 0 aliphatic carbocycles. The molecule has 2 aromatic rings. The number of hydrogen-bond acceptors (Lipinski definition) is 2. The van der Waals surface area contributed by atoms with E-state index < -0.39 is 0 Å². The molecule has 0 saturated carbocycles. The zero-order chi connectivity index (χ0) is 14.7. The molecular formula is C16H21N3O. The summed E-state index contributed by atoms with van der Waals surface area (Å²) in [5.74, 6) is 0.0117. The quantitative estimate of drug-likeness (QED) is 0.926. The average molecular weight is 271 g/mol. The number of hydrogen-bond donors (Lipinski definition) is 1. The minimum absolute atomic E-state index is 0.0117. The van der Waals surface area contributed by atoms with Crippen LogP contribution in [0, 0.1) is 20.8 Å². The van der Waals surface area contributed by atoms with E-state index in [9.17, 15) is 4.79 Å². The summed E-state index contributed by atoms with van der Waals surface area (Å²) in [5, 5.41) is 7.30. The Labute approximate surface area is 119 Å². The molecule has 1 unspecified atom stereocenters. The highest BCUT2D eigenvalue weighted by molar-refractivity contribution is 5.91. The number of anilines is 1. The van der Waals surface area contributed by atoms with Crippen molar-refractivity contribution in [1.29, 1.82) is 0 Å². The van der Waals surface area contributed by atoms with Gasteiger partial charge in [0, 0.05) is 18.3 Å². The van der Waals surface area contributed by atoms with Gasteiger partial charge in [0.05, 0.1) is 11.7 Å². The van der Waals surface area contributed by atoms with Crippen molar-refractivity contribution in [2.75, 3.05) is 5.32 Å². The van der Waals surface area contributed by atoms with E-state index in [1.54, 1.807) is 0 Å². The maximum absolute atomic E-state index is 12.1. The van der Waals surface area contributed by atoms with Crippen LogP contribution < -0.4 is 5.32 Å². The number of carbonyl (C=O) groups excluding carboxylic acids is 1. The van der Waals surface area contributed by atoms with Gasteiger partial charge in [0.15, 0.2) is 0 Å². The molecule has 1 aromatic heterocycles. The highest BCUT2D eigenvalue weighted by Gasteiger charge is 2.12. The summed E-state index contributed by atoms with van der Waals surface area (Å²) in [4.78, 5) is 12.1. The first-order valence-electron chi connectivity index (χ1n) is 6.84. The molecule has 1 N–H and O–H groups in total. The summed E-state index contributed by atoms with van der Waals surface area (Å²) >= 11 is 0. The van der Waals surface area contributed by atoms with Crippen molar-refractivity contribution in [3.63, 3.8) is 0 Å². The van der Waals surface area contributed by atoms with Gasteiger partial charge in [-0.05, 0) is 45.4 Å². The first-order chi connectivity index (χ1) is 9.45. The molecule has 0 spiro atoms. The third-order valence-electron chi connectivity index (χ3n) is 3.33. The summed E-state index contributed by atoms with van der Waals surface area (Å²) in [5.41, 5.74) is 4.12. The first kappa shape index (κ1) is 14.3. The lowest BCUT2D eigenvalue weighted by molar-refractivity contribution is -0.116. The van der Waals surface area contributed by atoms with Crippen LogP contribution in [0.1, 0.15) is 36.2 Å². The predicted octanol–water partition coefficient (Wildman–Crippen LogP) is 3.40. The SMILES string of the molecule is Cc1ccc(NC(=O)CC(C)n2ccc(C)n2)c(C)c1. The maximum atomic E-state index is 12.1. The van der Waals surface area contributed by atoms with E-state index in [0.717, 1.165) is 16.9 Å². The zero-order valence-electron chi connectivity index (χ0n) is 12.5. The molecular weight excluding hydrogens is 250 g/mol. The van der Waals surface area contributed by atoms with Gasteiger partial charge >= 0.3 is 0 Å². The summed E-state index contributed by atoms with van der Waals surface area (Å²) in [6.07, 6.45) is 2.32. The molecule has 0 saturated heterocycles. The van der Waals surface area contributed by atoms with E-state index in [1.165, 1.54) is 5.56 Å². The number of nitrogens with zero attached hydrogens (tertiary/aromatic N) is 2. The zero-order valence-corrected chi connectivity index (χ0v) is 12.5. The van der Waals surface area contributed by atoms with Gasteiger partial charge in [-0.25, -0.2) is 0 Å². The lowest BCUT2D eigenvalue weighted by Gasteiger charge is -2.13. The minimum Gasteiger partial charge on any atom is -0.326 e. The second-order valence-corrected chi connectivity index (χ2v) is 5.36. The molecule has 1 aromatic carbocycles. The van der Waals surface area contributed by atoms with Gasteiger partial charge < -0.3 is 5.32 Å². The maximum Gasteiger partial charge on any atom is 0.226 e. The Morgan fingerprint density at radius 2 is 2.05 bits per heavy atom. The molecule has 4 heteroatoms. The lowest BCUT2D eigenvalue weighted by atomic mass is 10.1. The number of nitrogens with one attached hydrogen (secondary N) is 1. The Morgan fingerprint density at radius 1 is 1.30 bits per heavy atom. The van der Waals surface area contributed by atoms with E-state index in [4.69, 9.17) is 0 Å². The fraction of sp³-hybridized carbons (Fsp3) is 0.375. The molecule has 0 radical (unpaired) electrons. The molecule has 4 nitrogen and oxygen atoms in total. The second kappa shape index (κ2) is 5.90. The third-order valence-corrected chi connectivity index (χ3v) is 3.33. The summed E-state index contributed by atoms with van der Waals surface area (Å²) in [6.45, 7) is 7.98. The Hall–Kier alpha value is -2.10. The van der Waals surface area contributed by atoms with E-state index >= 15 is 0 Å². The van der Waals surface area contributed by atoms with Crippen LogP contribution >= 0.6 is 0 Å². The normalized spacial score (nSPS) is 12.2. The van der Waals surface area contributed by atoms with Crippen molar-refractivity contribution >= 4 is 11.6 Å². The monoisotopic (exact) mass is 271 g/mol. The van der Waals surface area contributed by atoms with E-state index in [1.807, 2.05) is 56.8 Å². The molecule has 106 valence electrons. The van der Waals surface area contributed by atoms with Gasteiger partial charge in [-0.3, -0.25) is 9.48 Å². The van der Waals surface area contributed by atoms with Crippen molar-refractivity contribution in [1.82, 2.24) is 9.78 Å². The van der Waals surface area contributed by atoms with E-state index in [0.29, 0.717) is 6.42 Å². The van der Waals surface area contributed by atoms with Crippen molar-refractivity contribution in [3.8, 4) is 0 Å². The van der Waals surface area contributed by atoms with Crippen LogP contribution in [0.5, 0.6) is 0 Å². The fourth-order valence-electron chi connectivity index (χ4n) is 2.20. The molecule has 0 fully saturated rings. The van der Waals surface area contributed by atoms with Crippen LogP contribution in [0.15, 0.2) is 30.5 Å². The van der Waals surface area contributed by atoms with Gasteiger partial charge in [0.1, 0.15) is 0 Å². The molecule has 0 aliphatic rings. The topological polar surface area (TPSA) is 46.9 Å². The largest absolute Gasteiger partial charge is 0.326 e. The van der Waals surface area contributed by atoms with Crippen LogP contribution in [0.4, 0.5) is 5.69 Å². The van der Waals surface area contributed by atoms with Crippen LogP contribution in [0.25, 0.3) is 0 Å².